The van der Waals surface area contributed by atoms with E-state index in [2.05, 4.69) is 10.3 Å². The first-order valence-corrected chi connectivity index (χ1v) is 11.0. The summed E-state index contributed by atoms with van der Waals surface area (Å²) >= 11 is 0. The molecule has 1 aliphatic carbocycles. The summed E-state index contributed by atoms with van der Waals surface area (Å²) in [4.78, 5) is 13.1. The lowest BCUT2D eigenvalue weighted by Crippen LogP contribution is -2.26. The van der Waals surface area contributed by atoms with Crippen molar-refractivity contribution in [1.82, 2.24) is 15.0 Å². The van der Waals surface area contributed by atoms with Crippen molar-refractivity contribution >= 4 is 16.6 Å². The fourth-order valence-corrected chi connectivity index (χ4v) is 4.86. The SMILES string of the molecule is O=C1CCCC2=C1C(c1cn(-c3cccc(C(F)(F)F)c3)nn1)c1c(ccc3ccccc13)O2. The highest BCUT2D eigenvalue weighted by Gasteiger charge is 2.39. The normalized spacial score (nSPS) is 18.0. The van der Waals surface area contributed by atoms with E-state index in [-0.39, 0.29) is 11.5 Å². The van der Waals surface area contributed by atoms with Crippen molar-refractivity contribution in [2.75, 3.05) is 0 Å². The molecule has 0 amide bonds. The van der Waals surface area contributed by atoms with Gasteiger partial charge in [-0.05, 0) is 41.5 Å². The van der Waals surface area contributed by atoms with Crippen molar-refractivity contribution < 1.29 is 22.7 Å². The van der Waals surface area contributed by atoms with E-state index in [9.17, 15) is 18.0 Å². The van der Waals surface area contributed by atoms with Crippen molar-refractivity contribution in [2.24, 2.45) is 0 Å². The maximum atomic E-state index is 13.2. The van der Waals surface area contributed by atoms with Gasteiger partial charge in [0.2, 0.25) is 0 Å². The van der Waals surface area contributed by atoms with Gasteiger partial charge in [-0.1, -0.05) is 41.6 Å². The van der Waals surface area contributed by atoms with E-state index in [4.69, 9.17) is 4.74 Å². The number of ketones is 1. The second-order valence-electron chi connectivity index (χ2n) is 8.48. The molecule has 4 aromatic rings. The van der Waals surface area contributed by atoms with Gasteiger partial charge in [-0.15, -0.1) is 5.10 Å². The Labute approximate surface area is 192 Å². The highest BCUT2D eigenvalue weighted by Crippen LogP contribution is 2.48. The Morgan fingerprint density at radius 1 is 1.00 bits per heavy atom. The lowest BCUT2D eigenvalue weighted by Gasteiger charge is -2.32. The number of hydrogen-bond donors (Lipinski definition) is 0. The fourth-order valence-electron chi connectivity index (χ4n) is 4.86. The van der Waals surface area contributed by atoms with E-state index < -0.39 is 17.7 Å². The van der Waals surface area contributed by atoms with E-state index in [0.29, 0.717) is 42.0 Å². The molecular weight excluding hydrogens is 443 g/mol. The van der Waals surface area contributed by atoms with Crippen LogP contribution in [0.4, 0.5) is 13.2 Å². The molecule has 1 unspecified atom stereocenters. The van der Waals surface area contributed by atoms with Crippen LogP contribution >= 0.6 is 0 Å². The highest BCUT2D eigenvalue weighted by atomic mass is 19.4. The van der Waals surface area contributed by atoms with E-state index in [1.807, 2.05) is 36.4 Å². The van der Waals surface area contributed by atoms with Gasteiger partial charge in [0.25, 0.3) is 0 Å². The Bertz CT molecular complexity index is 1490. The van der Waals surface area contributed by atoms with Gasteiger partial charge >= 0.3 is 6.18 Å². The summed E-state index contributed by atoms with van der Waals surface area (Å²) in [5, 5.41) is 10.4. The molecule has 0 saturated carbocycles. The number of aromatic nitrogens is 3. The number of halogens is 3. The monoisotopic (exact) mass is 461 g/mol. The summed E-state index contributed by atoms with van der Waals surface area (Å²) in [6.45, 7) is 0. The predicted octanol–water partition coefficient (Wildman–Crippen LogP) is 5.97. The van der Waals surface area contributed by atoms with Gasteiger partial charge in [0.1, 0.15) is 11.5 Å². The number of carbonyl (C=O) groups excluding carboxylic acids is 1. The lowest BCUT2D eigenvalue weighted by atomic mass is 9.77. The second-order valence-corrected chi connectivity index (χ2v) is 8.48. The standard InChI is InChI=1S/C26H18F3N3O2/c27-26(28,29)16-6-3-7-17(13-16)32-14-19(30-31-32)24-23-18-8-2-1-5-15(18)11-12-22(23)34-21-10-4-9-20(33)25(21)24/h1-3,5-8,11-14,24H,4,9-10H2. The molecule has 0 fully saturated rings. The average molecular weight is 461 g/mol. The van der Waals surface area contributed by atoms with E-state index in [0.717, 1.165) is 28.5 Å². The Morgan fingerprint density at radius 2 is 1.85 bits per heavy atom. The zero-order chi connectivity index (χ0) is 23.4. The van der Waals surface area contributed by atoms with Crippen molar-refractivity contribution in [3.05, 3.63) is 95.0 Å². The summed E-state index contributed by atoms with van der Waals surface area (Å²) < 4.78 is 47.2. The van der Waals surface area contributed by atoms with Crippen LogP contribution in [-0.4, -0.2) is 20.8 Å². The Morgan fingerprint density at radius 3 is 2.71 bits per heavy atom. The van der Waals surface area contributed by atoms with Gasteiger partial charge in [0.05, 0.1) is 29.1 Å². The van der Waals surface area contributed by atoms with Crippen LogP contribution in [0.1, 0.15) is 42.0 Å². The molecule has 34 heavy (non-hydrogen) atoms. The molecule has 0 saturated heterocycles. The average Bonchev–Trinajstić information content (AvgIpc) is 3.32. The summed E-state index contributed by atoms with van der Waals surface area (Å²) in [5.41, 5.74) is 1.34. The molecule has 0 N–H and O–H groups in total. The Balaban J connectivity index is 1.53. The molecule has 170 valence electrons. The van der Waals surface area contributed by atoms with Crippen molar-refractivity contribution in [2.45, 2.75) is 31.4 Å². The van der Waals surface area contributed by atoms with Gasteiger partial charge in [0, 0.05) is 24.0 Å². The molecule has 8 heteroatoms. The summed E-state index contributed by atoms with van der Waals surface area (Å²) in [5.74, 6) is 0.777. The number of ether oxygens (including phenoxy) is 1. The molecule has 1 aliphatic heterocycles. The fraction of sp³-hybridized carbons (Fsp3) is 0.192. The number of benzene rings is 3. The van der Waals surface area contributed by atoms with Crippen LogP contribution in [0, 0.1) is 0 Å². The first kappa shape index (κ1) is 20.7. The minimum absolute atomic E-state index is 0.00143. The molecule has 0 spiro atoms. The number of Topliss-reactive ketones (excluding diaryl/α,β-unsaturated/α-hetero) is 1. The highest BCUT2D eigenvalue weighted by molar-refractivity contribution is 6.01. The maximum Gasteiger partial charge on any atom is 0.416 e. The minimum atomic E-state index is -4.47. The van der Waals surface area contributed by atoms with Crippen LogP contribution in [0.15, 0.2) is 78.2 Å². The number of rotatable bonds is 2. The molecule has 1 aromatic heterocycles. The number of alkyl halides is 3. The Kier molecular flexibility index (Phi) is 4.58. The molecule has 1 atom stereocenters. The number of allylic oxidation sites excluding steroid dienone is 2. The van der Waals surface area contributed by atoms with Crippen molar-refractivity contribution in [3.63, 3.8) is 0 Å². The zero-order valence-electron chi connectivity index (χ0n) is 17.8. The van der Waals surface area contributed by atoms with Crippen LogP contribution < -0.4 is 4.74 Å². The largest absolute Gasteiger partial charge is 0.461 e. The second kappa shape index (κ2) is 7.55. The van der Waals surface area contributed by atoms with Crippen molar-refractivity contribution in [3.8, 4) is 11.4 Å². The smallest absolute Gasteiger partial charge is 0.416 e. The molecule has 5 nitrogen and oxygen atoms in total. The van der Waals surface area contributed by atoms with E-state index in [1.165, 1.54) is 16.8 Å². The van der Waals surface area contributed by atoms with Crippen LogP contribution in [0.2, 0.25) is 0 Å². The molecular formula is C26H18F3N3O2. The van der Waals surface area contributed by atoms with Gasteiger partial charge in [-0.25, -0.2) is 4.68 Å². The minimum Gasteiger partial charge on any atom is -0.461 e. The molecule has 2 heterocycles. The van der Waals surface area contributed by atoms with Gasteiger partial charge in [0.15, 0.2) is 5.78 Å². The van der Waals surface area contributed by atoms with Gasteiger partial charge in [-0.3, -0.25) is 4.79 Å². The van der Waals surface area contributed by atoms with Crippen LogP contribution in [-0.2, 0) is 11.0 Å². The van der Waals surface area contributed by atoms with E-state index in [1.54, 1.807) is 6.20 Å². The summed E-state index contributed by atoms with van der Waals surface area (Å²) in [7, 11) is 0. The van der Waals surface area contributed by atoms with Crippen molar-refractivity contribution in [1.29, 1.82) is 0 Å². The molecule has 3 aromatic carbocycles. The predicted molar refractivity (Wildman–Crippen MR) is 119 cm³/mol. The zero-order valence-corrected chi connectivity index (χ0v) is 17.8. The van der Waals surface area contributed by atoms with Crippen LogP contribution in [0.3, 0.4) is 0 Å². The Hall–Kier alpha value is -3.94. The molecule has 0 radical (unpaired) electrons. The topological polar surface area (TPSA) is 57.0 Å². The number of nitrogens with zero attached hydrogens (tertiary/aromatic N) is 3. The summed E-state index contributed by atoms with van der Waals surface area (Å²) in [6.07, 6.45) is -1.09. The number of carbonyl (C=O) groups is 1. The lowest BCUT2D eigenvalue weighted by molar-refractivity contribution is -0.137. The number of fused-ring (bicyclic) bond motifs is 3. The molecule has 0 bridgehead atoms. The quantitative estimate of drug-likeness (QED) is 0.369. The van der Waals surface area contributed by atoms with Gasteiger partial charge < -0.3 is 4.74 Å². The summed E-state index contributed by atoms with van der Waals surface area (Å²) in [6, 6.07) is 16.6. The third-order valence-corrected chi connectivity index (χ3v) is 6.39. The van der Waals surface area contributed by atoms with Crippen LogP contribution in [0.25, 0.3) is 16.5 Å². The maximum absolute atomic E-state index is 13.2. The van der Waals surface area contributed by atoms with E-state index >= 15 is 0 Å². The molecule has 2 aliphatic rings. The van der Waals surface area contributed by atoms with Gasteiger partial charge in [-0.2, -0.15) is 13.2 Å². The first-order valence-electron chi connectivity index (χ1n) is 11.0. The molecule has 6 rings (SSSR count). The number of hydrogen-bond acceptors (Lipinski definition) is 4. The first-order chi connectivity index (χ1) is 16.4. The third-order valence-electron chi connectivity index (χ3n) is 6.39. The third kappa shape index (κ3) is 3.29. The van der Waals surface area contributed by atoms with Crippen LogP contribution in [0.5, 0.6) is 5.75 Å².